The summed E-state index contributed by atoms with van der Waals surface area (Å²) in [5.74, 6) is -1.40. The van der Waals surface area contributed by atoms with Crippen molar-refractivity contribution in [3.8, 4) is 0 Å². The summed E-state index contributed by atoms with van der Waals surface area (Å²) in [6.07, 6.45) is -5.61. The highest BCUT2D eigenvalue weighted by atomic mass is 19.4. The Labute approximate surface area is 148 Å². The summed E-state index contributed by atoms with van der Waals surface area (Å²) < 4.78 is 38.0. The monoisotopic (exact) mass is 366 g/mol. The minimum atomic E-state index is -4.56. The van der Waals surface area contributed by atoms with Gasteiger partial charge in [-0.3, -0.25) is 14.4 Å². The molecule has 1 atom stereocenters. The van der Waals surface area contributed by atoms with E-state index in [0.717, 1.165) is 17.7 Å². The molecule has 0 aliphatic carbocycles. The highest BCUT2D eigenvalue weighted by molar-refractivity contribution is 5.95. The van der Waals surface area contributed by atoms with Crippen molar-refractivity contribution in [3.63, 3.8) is 0 Å². The molecule has 2 rings (SSSR count). The normalized spacial score (nSPS) is 12.3. The molecule has 2 N–H and O–H groups in total. The zero-order valence-corrected chi connectivity index (χ0v) is 14.1. The lowest BCUT2D eigenvalue weighted by atomic mass is 10.1. The molecule has 138 valence electrons. The van der Waals surface area contributed by atoms with Gasteiger partial charge in [-0.05, 0) is 49.7 Å². The van der Waals surface area contributed by atoms with Gasteiger partial charge in [0.05, 0.1) is 5.56 Å². The molecule has 0 spiro atoms. The number of alkyl halides is 3. The molecule has 8 heteroatoms. The second kappa shape index (κ2) is 8.01. The number of aryl methyl sites for hydroxylation is 1. The second-order valence-electron chi connectivity index (χ2n) is 5.63. The standard InChI is InChI=1S/C18H17F3N2O3/c1-11-5-3-8-15(9-11)22-16(24)12(2)26-23-17(25)13-6-4-7-14(10-13)18(19,20)21/h3-10,12H,1-2H3,(H,22,24)(H,23,25). The number of carbonyl (C=O) groups is 2. The molecule has 2 aromatic rings. The van der Waals surface area contributed by atoms with E-state index in [1.165, 1.54) is 13.0 Å². The summed E-state index contributed by atoms with van der Waals surface area (Å²) in [7, 11) is 0. The van der Waals surface area contributed by atoms with Gasteiger partial charge in [-0.1, -0.05) is 18.2 Å². The molecule has 5 nitrogen and oxygen atoms in total. The minimum Gasteiger partial charge on any atom is -0.324 e. The van der Waals surface area contributed by atoms with Crippen molar-refractivity contribution >= 4 is 17.5 Å². The molecule has 0 aliphatic heterocycles. The summed E-state index contributed by atoms with van der Waals surface area (Å²) in [6.45, 7) is 3.27. The third-order valence-electron chi connectivity index (χ3n) is 3.44. The van der Waals surface area contributed by atoms with Crippen LogP contribution < -0.4 is 10.8 Å². The van der Waals surface area contributed by atoms with E-state index < -0.39 is 29.7 Å². The van der Waals surface area contributed by atoms with Gasteiger partial charge in [0.2, 0.25) is 0 Å². The average Bonchev–Trinajstić information content (AvgIpc) is 2.58. The van der Waals surface area contributed by atoms with E-state index in [-0.39, 0.29) is 5.56 Å². The molecule has 0 saturated carbocycles. The lowest BCUT2D eigenvalue weighted by molar-refractivity contribution is -0.137. The lowest BCUT2D eigenvalue weighted by Gasteiger charge is -2.14. The predicted octanol–water partition coefficient (Wildman–Crippen LogP) is 3.70. The molecule has 2 amide bonds. The van der Waals surface area contributed by atoms with Crippen LogP contribution in [0.2, 0.25) is 0 Å². The molecule has 0 aliphatic rings. The van der Waals surface area contributed by atoms with E-state index in [1.807, 2.05) is 18.5 Å². The third-order valence-corrected chi connectivity index (χ3v) is 3.44. The lowest BCUT2D eigenvalue weighted by Crippen LogP contribution is -2.35. The summed E-state index contributed by atoms with van der Waals surface area (Å²) in [4.78, 5) is 28.9. The topological polar surface area (TPSA) is 67.4 Å². The van der Waals surface area contributed by atoms with Crippen LogP contribution in [0.4, 0.5) is 18.9 Å². The Balaban J connectivity index is 1.93. The molecule has 0 fully saturated rings. The van der Waals surface area contributed by atoms with Gasteiger partial charge in [0.25, 0.3) is 11.8 Å². The molecular weight excluding hydrogens is 349 g/mol. The van der Waals surface area contributed by atoms with Gasteiger partial charge in [0.1, 0.15) is 0 Å². The number of benzene rings is 2. The Kier molecular flexibility index (Phi) is 5.99. The number of rotatable bonds is 5. The SMILES string of the molecule is Cc1cccc(NC(=O)C(C)ONC(=O)c2cccc(C(F)(F)F)c2)c1. The van der Waals surface area contributed by atoms with Crippen LogP contribution >= 0.6 is 0 Å². The van der Waals surface area contributed by atoms with Crippen molar-refractivity contribution in [2.75, 3.05) is 5.32 Å². The van der Waals surface area contributed by atoms with Crippen LogP contribution in [0.15, 0.2) is 48.5 Å². The van der Waals surface area contributed by atoms with Gasteiger partial charge in [-0.15, -0.1) is 0 Å². The van der Waals surface area contributed by atoms with Crippen molar-refractivity contribution < 1.29 is 27.6 Å². The molecule has 0 heterocycles. The summed E-state index contributed by atoms with van der Waals surface area (Å²) in [5, 5.41) is 2.61. The molecular formula is C18H17F3N2O3. The van der Waals surface area contributed by atoms with Crippen molar-refractivity contribution in [1.82, 2.24) is 5.48 Å². The fraction of sp³-hybridized carbons (Fsp3) is 0.222. The smallest absolute Gasteiger partial charge is 0.324 e. The molecule has 2 aromatic carbocycles. The molecule has 0 saturated heterocycles. The van der Waals surface area contributed by atoms with Crippen LogP contribution in [0.25, 0.3) is 0 Å². The van der Waals surface area contributed by atoms with Crippen molar-refractivity contribution in [1.29, 1.82) is 0 Å². The van der Waals surface area contributed by atoms with Gasteiger partial charge in [-0.2, -0.15) is 13.2 Å². The van der Waals surface area contributed by atoms with Crippen LogP contribution in [-0.4, -0.2) is 17.9 Å². The van der Waals surface area contributed by atoms with Crippen LogP contribution in [-0.2, 0) is 15.8 Å². The maximum Gasteiger partial charge on any atom is 0.416 e. The first-order valence-corrected chi connectivity index (χ1v) is 7.67. The number of hydrogen-bond donors (Lipinski definition) is 2. The fourth-order valence-corrected chi connectivity index (χ4v) is 2.06. The van der Waals surface area contributed by atoms with Crippen molar-refractivity contribution in [2.24, 2.45) is 0 Å². The maximum absolute atomic E-state index is 12.7. The first kappa shape index (κ1) is 19.5. The van der Waals surface area contributed by atoms with Gasteiger partial charge < -0.3 is 5.32 Å². The van der Waals surface area contributed by atoms with Crippen LogP contribution in [0.5, 0.6) is 0 Å². The quantitative estimate of drug-likeness (QED) is 0.793. The zero-order chi connectivity index (χ0) is 19.3. The predicted molar refractivity (Wildman–Crippen MR) is 89.3 cm³/mol. The number of halogens is 3. The Morgan fingerprint density at radius 2 is 1.77 bits per heavy atom. The highest BCUT2D eigenvalue weighted by Gasteiger charge is 2.31. The highest BCUT2D eigenvalue weighted by Crippen LogP contribution is 2.29. The van der Waals surface area contributed by atoms with Gasteiger partial charge in [0, 0.05) is 11.3 Å². The third kappa shape index (κ3) is 5.32. The Hall–Kier alpha value is -2.87. The van der Waals surface area contributed by atoms with Crippen LogP contribution in [0.1, 0.15) is 28.4 Å². The van der Waals surface area contributed by atoms with Gasteiger partial charge >= 0.3 is 6.18 Å². The van der Waals surface area contributed by atoms with E-state index in [2.05, 4.69) is 5.32 Å². The Morgan fingerprint density at radius 3 is 2.42 bits per heavy atom. The van der Waals surface area contributed by atoms with Crippen LogP contribution in [0, 0.1) is 6.92 Å². The molecule has 26 heavy (non-hydrogen) atoms. The van der Waals surface area contributed by atoms with Crippen LogP contribution in [0.3, 0.4) is 0 Å². The summed E-state index contributed by atoms with van der Waals surface area (Å²) in [6, 6.07) is 11.0. The van der Waals surface area contributed by atoms with Crippen molar-refractivity contribution in [2.45, 2.75) is 26.1 Å². The zero-order valence-electron chi connectivity index (χ0n) is 14.1. The maximum atomic E-state index is 12.7. The van der Waals surface area contributed by atoms with E-state index in [0.29, 0.717) is 11.8 Å². The van der Waals surface area contributed by atoms with E-state index in [9.17, 15) is 22.8 Å². The number of hydroxylamine groups is 1. The second-order valence-corrected chi connectivity index (χ2v) is 5.63. The van der Waals surface area contributed by atoms with Gasteiger partial charge in [-0.25, -0.2) is 5.48 Å². The Bertz CT molecular complexity index is 806. The molecule has 1 unspecified atom stereocenters. The Morgan fingerprint density at radius 1 is 1.08 bits per heavy atom. The van der Waals surface area contributed by atoms with Gasteiger partial charge in [0.15, 0.2) is 6.10 Å². The minimum absolute atomic E-state index is 0.230. The largest absolute Gasteiger partial charge is 0.416 e. The number of carbonyl (C=O) groups excluding carboxylic acids is 2. The van der Waals surface area contributed by atoms with Crippen molar-refractivity contribution in [3.05, 3.63) is 65.2 Å². The first-order chi connectivity index (χ1) is 12.2. The summed E-state index contributed by atoms with van der Waals surface area (Å²) in [5.41, 5.74) is 2.33. The number of anilines is 1. The fourth-order valence-electron chi connectivity index (χ4n) is 2.06. The van der Waals surface area contributed by atoms with E-state index in [1.54, 1.807) is 18.2 Å². The number of nitrogens with one attached hydrogen (secondary N) is 2. The van der Waals surface area contributed by atoms with E-state index >= 15 is 0 Å². The number of amides is 2. The van der Waals surface area contributed by atoms with E-state index in [4.69, 9.17) is 4.84 Å². The average molecular weight is 366 g/mol. The first-order valence-electron chi connectivity index (χ1n) is 7.67. The summed E-state index contributed by atoms with van der Waals surface area (Å²) >= 11 is 0. The molecule has 0 radical (unpaired) electrons. The molecule has 0 aromatic heterocycles. The molecule has 0 bridgehead atoms. The number of hydrogen-bond acceptors (Lipinski definition) is 3.